The van der Waals surface area contributed by atoms with Crippen LogP contribution in [0.3, 0.4) is 0 Å². The van der Waals surface area contributed by atoms with E-state index >= 15 is 0 Å². The van der Waals surface area contributed by atoms with Gasteiger partial charge in [-0.1, -0.05) is 6.92 Å². The molecule has 0 saturated heterocycles. The molecular weight excluding hydrogens is 250 g/mol. The van der Waals surface area contributed by atoms with E-state index in [9.17, 15) is 8.42 Å². The molecule has 0 radical (unpaired) electrons. The molecule has 0 bridgehead atoms. The maximum atomic E-state index is 12.2. The molecule has 1 atom stereocenters. The molecule has 1 rings (SSSR count). The number of hydrogen-bond acceptors (Lipinski definition) is 4. The Morgan fingerprint density at radius 1 is 1.39 bits per heavy atom. The topological polar surface area (TPSA) is 73.2 Å². The van der Waals surface area contributed by atoms with Crippen LogP contribution in [0.5, 0.6) is 0 Å². The average Bonchev–Trinajstić information content (AvgIpc) is 2.39. The summed E-state index contributed by atoms with van der Waals surface area (Å²) < 4.78 is 25.9. The molecule has 104 valence electrons. The minimum atomic E-state index is -3.47. The summed E-state index contributed by atoms with van der Waals surface area (Å²) in [5.74, 6) is 0. The molecule has 0 heterocycles. The Morgan fingerprint density at radius 2 is 1.94 bits per heavy atom. The molecule has 1 fully saturated rings. The number of nitrogens with zero attached hydrogens (tertiary/aromatic N) is 2. The molecule has 1 saturated carbocycles. The summed E-state index contributed by atoms with van der Waals surface area (Å²) in [7, 11) is 0.0763. The van der Waals surface area contributed by atoms with Crippen molar-refractivity contribution >= 4 is 10.0 Å². The molecule has 1 aliphatic rings. The highest BCUT2D eigenvalue weighted by Gasteiger charge is 2.34. The molecule has 0 aromatic carbocycles. The van der Waals surface area contributed by atoms with Crippen molar-refractivity contribution in [1.29, 1.82) is 5.26 Å². The molecule has 0 aromatic heterocycles. The van der Waals surface area contributed by atoms with E-state index in [1.807, 2.05) is 13.1 Å². The van der Waals surface area contributed by atoms with E-state index in [0.717, 1.165) is 25.7 Å². The first-order valence-electron chi connectivity index (χ1n) is 6.51. The van der Waals surface area contributed by atoms with Crippen LogP contribution in [0.2, 0.25) is 0 Å². The molecule has 0 aromatic rings. The Hall–Kier alpha value is -0.640. The zero-order valence-electron chi connectivity index (χ0n) is 11.4. The molecule has 18 heavy (non-hydrogen) atoms. The van der Waals surface area contributed by atoms with Crippen molar-refractivity contribution < 1.29 is 8.42 Å². The van der Waals surface area contributed by atoms with Gasteiger partial charge in [-0.05, 0) is 39.2 Å². The van der Waals surface area contributed by atoms with E-state index in [0.29, 0.717) is 12.5 Å². The third-order valence-corrected chi connectivity index (χ3v) is 6.15. The Morgan fingerprint density at radius 3 is 2.33 bits per heavy atom. The van der Waals surface area contributed by atoms with Gasteiger partial charge >= 0.3 is 0 Å². The first kappa shape index (κ1) is 15.4. The van der Waals surface area contributed by atoms with Crippen molar-refractivity contribution in [3.63, 3.8) is 0 Å². The molecule has 1 aliphatic carbocycles. The highest BCUT2D eigenvalue weighted by atomic mass is 32.2. The summed E-state index contributed by atoms with van der Waals surface area (Å²) in [5.41, 5.74) is 0. The fourth-order valence-electron chi connectivity index (χ4n) is 2.51. The van der Waals surface area contributed by atoms with Crippen molar-refractivity contribution in [1.82, 2.24) is 9.62 Å². The van der Waals surface area contributed by atoms with Crippen LogP contribution in [-0.2, 0) is 10.0 Å². The maximum absolute atomic E-state index is 12.2. The quantitative estimate of drug-likeness (QED) is 0.813. The maximum Gasteiger partial charge on any atom is 0.230 e. The van der Waals surface area contributed by atoms with Gasteiger partial charge in [0.25, 0.3) is 0 Å². The van der Waals surface area contributed by atoms with Crippen LogP contribution in [0.25, 0.3) is 0 Å². The lowest BCUT2D eigenvalue weighted by Crippen LogP contribution is -2.45. The highest BCUT2D eigenvalue weighted by molar-refractivity contribution is 7.90. The third-order valence-electron chi connectivity index (χ3n) is 3.89. The van der Waals surface area contributed by atoms with Crippen molar-refractivity contribution in [2.45, 2.75) is 56.4 Å². The van der Waals surface area contributed by atoms with Gasteiger partial charge in [-0.2, -0.15) is 5.26 Å². The van der Waals surface area contributed by atoms with E-state index in [4.69, 9.17) is 5.26 Å². The van der Waals surface area contributed by atoms with Gasteiger partial charge in [0.1, 0.15) is 0 Å². The van der Waals surface area contributed by atoms with Gasteiger partial charge < -0.3 is 5.32 Å². The van der Waals surface area contributed by atoms with Crippen LogP contribution in [0.15, 0.2) is 0 Å². The fraction of sp³-hybridized carbons (Fsp3) is 0.917. The van der Waals surface area contributed by atoms with Gasteiger partial charge in [0, 0.05) is 19.1 Å². The zero-order valence-corrected chi connectivity index (χ0v) is 12.2. The van der Waals surface area contributed by atoms with Crippen molar-refractivity contribution in [3.05, 3.63) is 0 Å². The first-order valence-corrected chi connectivity index (χ1v) is 8.01. The normalized spacial score (nSPS) is 26.8. The largest absolute Gasteiger partial charge is 0.317 e. The van der Waals surface area contributed by atoms with Crippen LogP contribution >= 0.6 is 0 Å². The Balaban J connectivity index is 2.71. The van der Waals surface area contributed by atoms with E-state index in [1.54, 1.807) is 14.0 Å². The number of sulfonamides is 1. The lowest BCUT2D eigenvalue weighted by molar-refractivity contribution is 0.254. The van der Waals surface area contributed by atoms with Gasteiger partial charge in [0.15, 0.2) is 5.25 Å². The summed E-state index contributed by atoms with van der Waals surface area (Å²) in [4.78, 5) is 0. The fourth-order valence-corrected chi connectivity index (χ4v) is 4.09. The summed E-state index contributed by atoms with van der Waals surface area (Å²) in [6, 6.07) is 2.43. The Bertz CT molecular complexity index is 394. The van der Waals surface area contributed by atoms with Gasteiger partial charge in [-0.3, -0.25) is 0 Å². The SMILES string of the molecule is CCC(C#N)S(=O)(=O)N(C)C1CCC(NC)CC1. The average molecular weight is 273 g/mol. The standard InChI is InChI=1S/C12H23N3O2S/c1-4-12(9-13)18(16,17)15(3)11-7-5-10(14-2)6-8-11/h10-12,14H,4-8H2,1-3H3. The molecule has 0 spiro atoms. The number of nitriles is 1. The van der Waals surface area contributed by atoms with Crippen LogP contribution in [-0.4, -0.2) is 44.2 Å². The summed E-state index contributed by atoms with van der Waals surface area (Å²) in [6.07, 6.45) is 4.05. The van der Waals surface area contributed by atoms with Crippen molar-refractivity contribution in [2.75, 3.05) is 14.1 Å². The van der Waals surface area contributed by atoms with E-state index in [-0.39, 0.29) is 6.04 Å². The zero-order chi connectivity index (χ0) is 13.8. The molecule has 1 N–H and O–H groups in total. The summed E-state index contributed by atoms with van der Waals surface area (Å²) in [6.45, 7) is 1.73. The van der Waals surface area contributed by atoms with E-state index in [2.05, 4.69) is 5.32 Å². The number of hydrogen-bond donors (Lipinski definition) is 1. The molecular formula is C12H23N3O2S. The Labute approximate surface area is 110 Å². The lowest BCUT2D eigenvalue weighted by atomic mass is 9.91. The summed E-state index contributed by atoms with van der Waals surface area (Å²) in [5, 5.41) is 11.2. The minimum Gasteiger partial charge on any atom is -0.317 e. The first-order chi connectivity index (χ1) is 8.47. The lowest BCUT2D eigenvalue weighted by Gasteiger charge is -2.34. The summed E-state index contributed by atoms with van der Waals surface area (Å²) >= 11 is 0. The van der Waals surface area contributed by atoms with Gasteiger partial charge in [-0.25, -0.2) is 12.7 Å². The third kappa shape index (κ3) is 3.22. The molecule has 6 heteroatoms. The smallest absolute Gasteiger partial charge is 0.230 e. The van der Waals surface area contributed by atoms with Crippen molar-refractivity contribution in [3.8, 4) is 6.07 Å². The second kappa shape index (κ2) is 6.50. The molecule has 0 amide bonds. The second-order valence-electron chi connectivity index (χ2n) is 4.88. The Kier molecular flexibility index (Phi) is 5.57. The van der Waals surface area contributed by atoms with Gasteiger partial charge in [0.05, 0.1) is 6.07 Å². The van der Waals surface area contributed by atoms with Crippen LogP contribution < -0.4 is 5.32 Å². The van der Waals surface area contributed by atoms with Gasteiger partial charge in [-0.15, -0.1) is 0 Å². The molecule has 1 unspecified atom stereocenters. The van der Waals surface area contributed by atoms with Crippen LogP contribution in [0, 0.1) is 11.3 Å². The van der Waals surface area contributed by atoms with Gasteiger partial charge in [0.2, 0.25) is 10.0 Å². The molecule has 0 aliphatic heterocycles. The predicted molar refractivity (Wildman–Crippen MR) is 71.5 cm³/mol. The van der Waals surface area contributed by atoms with Crippen LogP contribution in [0.4, 0.5) is 0 Å². The van der Waals surface area contributed by atoms with E-state index in [1.165, 1.54) is 4.31 Å². The predicted octanol–water partition coefficient (Wildman–Crippen LogP) is 1.08. The highest BCUT2D eigenvalue weighted by Crippen LogP contribution is 2.25. The second-order valence-corrected chi connectivity index (χ2v) is 7.06. The monoisotopic (exact) mass is 273 g/mol. The van der Waals surface area contributed by atoms with Crippen molar-refractivity contribution in [2.24, 2.45) is 0 Å². The van der Waals surface area contributed by atoms with Crippen LogP contribution in [0.1, 0.15) is 39.0 Å². The molecule has 5 nitrogen and oxygen atoms in total. The van der Waals surface area contributed by atoms with E-state index < -0.39 is 15.3 Å². The minimum absolute atomic E-state index is 0.0435. The number of nitrogens with one attached hydrogen (secondary N) is 1. The number of rotatable bonds is 5.